The molecule has 4 nitrogen and oxygen atoms in total. The Hall–Kier alpha value is -1.73. The van der Waals surface area contributed by atoms with Gasteiger partial charge in [0, 0.05) is 6.42 Å². The molecule has 2 rings (SSSR count). The van der Waals surface area contributed by atoms with Gasteiger partial charge in [-0.1, -0.05) is 12.1 Å². The molecule has 0 spiro atoms. The molecule has 110 valence electrons. The summed E-state index contributed by atoms with van der Waals surface area (Å²) in [6.45, 7) is 0. The van der Waals surface area contributed by atoms with Crippen LogP contribution >= 0.6 is 27.3 Å². The van der Waals surface area contributed by atoms with E-state index in [2.05, 4.69) is 26.8 Å². The number of halogens is 2. The molecule has 0 saturated heterocycles. The van der Waals surface area contributed by atoms with Crippen molar-refractivity contribution in [3.63, 3.8) is 0 Å². The third-order valence-corrected chi connectivity index (χ3v) is 4.26. The van der Waals surface area contributed by atoms with E-state index in [4.69, 9.17) is 0 Å². The summed E-state index contributed by atoms with van der Waals surface area (Å²) in [6.07, 6.45) is 0.571. The first-order valence-electron chi connectivity index (χ1n) is 6.13. The summed E-state index contributed by atoms with van der Waals surface area (Å²) in [6, 6.07) is 9.49. The minimum Gasteiger partial charge on any atom is -0.273 e. The van der Waals surface area contributed by atoms with Crippen LogP contribution in [0.3, 0.4) is 0 Å². The molecule has 0 aliphatic rings. The van der Waals surface area contributed by atoms with Crippen LogP contribution in [0.2, 0.25) is 0 Å². The first-order valence-corrected chi connectivity index (χ1v) is 7.74. The van der Waals surface area contributed by atoms with Crippen LogP contribution in [0.1, 0.15) is 21.7 Å². The monoisotopic (exact) mass is 370 g/mol. The zero-order valence-electron chi connectivity index (χ0n) is 10.9. The van der Waals surface area contributed by atoms with E-state index in [1.807, 2.05) is 0 Å². The number of amides is 2. The lowest BCUT2D eigenvalue weighted by Gasteiger charge is -2.06. The van der Waals surface area contributed by atoms with Gasteiger partial charge in [0.2, 0.25) is 5.91 Å². The van der Waals surface area contributed by atoms with Gasteiger partial charge in [-0.15, -0.1) is 11.3 Å². The zero-order chi connectivity index (χ0) is 15.2. The van der Waals surface area contributed by atoms with Crippen molar-refractivity contribution < 1.29 is 14.0 Å². The molecule has 0 aliphatic carbocycles. The van der Waals surface area contributed by atoms with Gasteiger partial charge in [0.05, 0.1) is 8.66 Å². The van der Waals surface area contributed by atoms with Crippen molar-refractivity contribution in [3.05, 3.63) is 56.4 Å². The van der Waals surface area contributed by atoms with Crippen molar-refractivity contribution >= 4 is 39.1 Å². The van der Waals surface area contributed by atoms with E-state index < -0.39 is 0 Å². The second-order valence-corrected chi connectivity index (χ2v) is 6.70. The third kappa shape index (κ3) is 4.95. The largest absolute Gasteiger partial charge is 0.279 e. The second-order valence-electron chi connectivity index (χ2n) is 4.24. The van der Waals surface area contributed by atoms with E-state index in [0.717, 1.165) is 9.35 Å². The molecule has 0 atom stereocenters. The van der Waals surface area contributed by atoms with Crippen LogP contribution in [0.25, 0.3) is 0 Å². The van der Waals surface area contributed by atoms with Crippen molar-refractivity contribution in [2.45, 2.75) is 12.8 Å². The van der Waals surface area contributed by atoms with Crippen molar-refractivity contribution in [1.29, 1.82) is 0 Å². The highest BCUT2D eigenvalue weighted by Gasteiger charge is 2.09. The minimum atomic E-state index is -0.371. The van der Waals surface area contributed by atoms with E-state index in [1.165, 1.54) is 23.5 Å². The van der Waals surface area contributed by atoms with E-state index in [9.17, 15) is 14.0 Å². The number of hydrogen-bond donors (Lipinski definition) is 2. The molecule has 1 heterocycles. The number of rotatable bonds is 4. The number of carbonyl (C=O) groups excluding carboxylic acids is 2. The Kier molecular flexibility index (Phi) is 5.46. The van der Waals surface area contributed by atoms with Gasteiger partial charge in [-0.05, 0) is 52.2 Å². The molecule has 21 heavy (non-hydrogen) atoms. The van der Waals surface area contributed by atoms with Crippen LogP contribution in [0.4, 0.5) is 4.39 Å². The maximum absolute atomic E-state index is 13.0. The van der Waals surface area contributed by atoms with Crippen LogP contribution in [-0.4, -0.2) is 11.8 Å². The normalized spacial score (nSPS) is 10.2. The summed E-state index contributed by atoms with van der Waals surface area (Å²) < 4.78 is 13.8. The smallest absolute Gasteiger partial charge is 0.273 e. The fourth-order valence-electron chi connectivity index (χ4n) is 1.64. The topological polar surface area (TPSA) is 58.2 Å². The lowest BCUT2D eigenvalue weighted by Crippen LogP contribution is -2.41. The number of nitrogens with one attached hydrogen (secondary N) is 2. The quantitative estimate of drug-likeness (QED) is 0.812. The Morgan fingerprint density at radius 1 is 1.19 bits per heavy atom. The van der Waals surface area contributed by atoms with Gasteiger partial charge >= 0.3 is 0 Å². The van der Waals surface area contributed by atoms with E-state index in [0.29, 0.717) is 11.3 Å². The average molecular weight is 371 g/mol. The van der Waals surface area contributed by atoms with Gasteiger partial charge in [-0.3, -0.25) is 20.4 Å². The van der Waals surface area contributed by atoms with Crippen LogP contribution in [0, 0.1) is 5.82 Å². The van der Waals surface area contributed by atoms with E-state index in [-0.39, 0.29) is 24.1 Å². The van der Waals surface area contributed by atoms with Gasteiger partial charge in [-0.25, -0.2) is 4.39 Å². The van der Waals surface area contributed by atoms with Crippen molar-refractivity contribution in [2.75, 3.05) is 0 Å². The molecule has 1 aromatic carbocycles. The molecule has 0 aliphatic heterocycles. The molecule has 7 heteroatoms. The van der Waals surface area contributed by atoms with Crippen LogP contribution < -0.4 is 10.9 Å². The lowest BCUT2D eigenvalue weighted by molar-refractivity contribution is -0.121. The molecule has 2 amide bonds. The van der Waals surface area contributed by atoms with Crippen molar-refractivity contribution in [3.8, 4) is 0 Å². The summed E-state index contributed by atoms with van der Waals surface area (Å²) in [5.74, 6) is -1.03. The number of thiophene rings is 1. The first-order chi connectivity index (χ1) is 10.0. The predicted molar refractivity (Wildman–Crippen MR) is 82.3 cm³/mol. The Balaban J connectivity index is 1.76. The number of aryl methyl sites for hydroxylation is 1. The SMILES string of the molecule is O=C(CCc1cccc(F)c1)NNC(=O)c1ccc(Br)s1. The second kappa shape index (κ2) is 7.33. The average Bonchev–Trinajstić information content (AvgIpc) is 2.89. The maximum Gasteiger partial charge on any atom is 0.279 e. The van der Waals surface area contributed by atoms with Gasteiger partial charge in [0.15, 0.2) is 0 Å². The van der Waals surface area contributed by atoms with Crippen LogP contribution in [-0.2, 0) is 11.2 Å². The Labute approximate surface area is 133 Å². The molecular formula is C14H12BrFN2O2S. The molecule has 0 fully saturated rings. The van der Waals surface area contributed by atoms with Crippen molar-refractivity contribution in [1.82, 2.24) is 10.9 Å². The Bertz CT molecular complexity index is 660. The fraction of sp³-hybridized carbons (Fsp3) is 0.143. The molecular weight excluding hydrogens is 359 g/mol. The lowest BCUT2D eigenvalue weighted by atomic mass is 10.1. The molecule has 2 N–H and O–H groups in total. The summed E-state index contributed by atoms with van der Waals surface area (Å²) in [5.41, 5.74) is 5.41. The highest BCUT2D eigenvalue weighted by Crippen LogP contribution is 2.21. The van der Waals surface area contributed by atoms with Gasteiger partial charge in [0.1, 0.15) is 5.82 Å². The fourth-order valence-corrected chi connectivity index (χ4v) is 2.92. The molecule has 0 bridgehead atoms. The number of hydrazine groups is 1. The van der Waals surface area contributed by atoms with Crippen LogP contribution in [0.5, 0.6) is 0 Å². The highest BCUT2D eigenvalue weighted by atomic mass is 79.9. The molecule has 0 unspecified atom stereocenters. The Morgan fingerprint density at radius 2 is 2.00 bits per heavy atom. The van der Waals surface area contributed by atoms with Gasteiger partial charge < -0.3 is 0 Å². The third-order valence-electron chi connectivity index (χ3n) is 2.64. The molecule has 0 saturated carbocycles. The summed E-state index contributed by atoms with van der Waals surface area (Å²) in [4.78, 5) is 23.8. The molecule has 1 aromatic heterocycles. The first kappa shape index (κ1) is 15.7. The summed E-state index contributed by atoms with van der Waals surface area (Å²) >= 11 is 4.53. The Morgan fingerprint density at radius 3 is 2.67 bits per heavy atom. The number of benzene rings is 1. The molecule has 0 radical (unpaired) electrons. The predicted octanol–water partition coefficient (Wildman–Crippen LogP) is 3.04. The number of carbonyl (C=O) groups is 2. The van der Waals surface area contributed by atoms with Gasteiger partial charge in [-0.2, -0.15) is 0 Å². The van der Waals surface area contributed by atoms with E-state index in [1.54, 1.807) is 24.3 Å². The highest BCUT2D eigenvalue weighted by molar-refractivity contribution is 9.11. The standard InChI is InChI=1S/C14H12BrFN2O2S/c15-12-6-5-11(21-12)14(20)18-17-13(19)7-4-9-2-1-3-10(16)8-9/h1-3,5-6,8H,4,7H2,(H,17,19)(H,18,20). The van der Waals surface area contributed by atoms with Crippen LogP contribution in [0.15, 0.2) is 40.2 Å². The van der Waals surface area contributed by atoms with Crippen molar-refractivity contribution in [2.24, 2.45) is 0 Å². The zero-order valence-corrected chi connectivity index (χ0v) is 13.3. The minimum absolute atomic E-state index is 0.165. The summed E-state index contributed by atoms with van der Waals surface area (Å²) in [7, 11) is 0. The number of hydrogen-bond acceptors (Lipinski definition) is 3. The maximum atomic E-state index is 13.0. The summed E-state index contributed by atoms with van der Waals surface area (Å²) in [5, 5.41) is 0. The van der Waals surface area contributed by atoms with Gasteiger partial charge in [0.25, 0.3) is 5.91 Å². The van der Waals surface area contributed by atoms with E-state index >= 15 is 0 Å². The molecule has 2 aromatic rings.